The Morgan fingerprint density at radius 3 is 2.42 bits per heavy atom. The van der Waals surface area contributed by atoms with Gasteiger partial charge in [-0.25, -0.2) is 9.97 Å². The molecule has 1 saturated heterocycles. The van der Waals surface area contributed by atoms with Crippen molar-refractivity contribution in [1.29, 1.82) is 0 Å². The minimum absolute atomic E-state index is 0.527. The molecule has 4 heteroatoms. The summed E-state index contributed by atoms with van der Waals surface area (Å²) in [5, 5.41) is 0. The van der Waals surface area contributed by atoms with Crippen molar-refractivity contribution >= 4 is 12.2 Å². The first kappa shape index (κ1) is 7.21. The van der Waals surface area contributed by atoms with Crippen molar-refractivity contribution in [3.8, 4) is 0 Å². The molecule has 0 saturated carbocycles. The summed E-state index contributed by atoms with van der Waals surface area (Å²) < 4.78 is 0. The number of carbonyl (C=O) groups is 1. The third-order valence-corrected chi connectivity index (χ3v) is 1.93. The molecule has 62 valence electrons. The van der Waals surface area contributed by atoms with Gasteiger partial charge in [-0.1, -0.05) is 0 Å². The zero-order valence-corrected chi connectivity index (χ0v) is 6.60. The van der Waals surface area contributed by atoms with Crippen molar-refractivity contribution in [2.75, 3.05) is 18.0 Å². The smallest absolute Gasteiger partial charge is 0.225 e. The van der Waals surface area contributed by atoms with E-state index in [9.17, 15) is 4.79 Å². The summed E-state index contributed by atoms with van der Waals surface area (Å²) in [6, 6.07) is 0. The van der Waals surface area contributed by atoms with E-state index in [0.717, 1.165) is 25.3 Å². The molecule has 12 heavy (non-hydrogen) atoms. The molecule has 0 aromatic carbocycles. The number of aldehydes is 1. The summed E-state index contributed by atoms with van der Waals surface area (Å²) in [6.45, 7) is 2.06. The summed E-state index contributed by atoms with van der Waals surface area (Å²) in [4.78, 5) is 20.5. The lowest BCUT2D eigenvalue weighted by Gasteiger charge is -2.30. The number of nitrogens with zero attached hydrogens (tertiary/aromatic N) is 3. The number of anilines is 1. The molecule has 1 aromatic rings. The van der Waals surface area contributed by atoms with E-state index in [1.54, 1.807) is 12.4 Å². The number of rotatable bonds is 2. The normalized spacial score (nSPS) is 15.5. The average molecular weight is 163 g/mol. The van der Waals surface area contributed by atoms with Crippen LogP contribution in [0.15, 0.2) is 12.4 Å². The third kappa shape index (κ3) is 1.15. The van der Waals surface area contributed by atoms with Crippen molar-refractivity contribution in [3.05, 3.63) is 18.0 Å². The molecule has 1 fully saturated rings. The van der Waals surface area contributed by atoms with Crippen LogP contribution in [0.25, 0.3) is 0 Å². The molecular formula is C8H9N3O. The van der Waals surface area contributed by atoms with E-state index < -0.39 is 0 Å². The molecule has 4 nitrogen and oxygen atoms in total. The van der Waals surface area contributed by atoms with Gasteiger partial charge >= 0.3 is 0 Å². The highest BCUT2D eigenvalue weighted by Crippen LogP contribution is 2.13. The van der Waals surface area contributed by atoms with Gasteiger partial charge in [0.2, 0.25) is 5.95 Å². The minimum Gasteiger partial charge on any atom is -0.341 e. The van der Waals surface area contributed by atoms with Gasteiger partial charge in [-0.3, -0.25) is 4.79 Å². The second kappa shape index (κ2) is 2.89. The molecule has 0 aliphatic carbocycles. The predicted molar refractivity (Wildman–Crippen MR) is 44.2 cm³/mol. The van der Waals surface area contributed by atoms with E-state index in [1.165, 1.54) is 6.42 Å². The van der Waals surface area contributed by atoms with Crippen molar-refractivity contribution in [2.24, 2.45) is 0 Å². The lowest BCUT2D eigenvalue weighted by Crippen LogP contribution is -2.38. The summed E-state index contributed by atoms with van der Waals surface area (Å²) >= 11 is 0. The fourth-order valence-electron chi connectivity index (χ4n) is 1.07. The summed E-state index contributed by atoms with van der Waals surface area (Å²) in [5.74, 6) is 0.729. The molecule has 0 N–H and O–H groups in total. The van der Waals surface area contributed by atoms with Crippen LogP contribution in [0, 0.1) is 0 Å². The van der Waals surface area contributed by atoms with Gasteiger partial charge < -0.3 is 4.90 Å². The van der Waals surface area contributed by atoms with Gasteiger partial charge in [0, 0.05) is 25.5 Å². The van der Waals surface area contributed by atoms with Crippen LogP contribution >= 0.6 is 0 Å². The maximum Gasteiger partial charge on any atom is 0.225 e. The van der Waals surface area contributed by atoms with Crippen LogP contribution in [0.5, 0.6) is 0 Å². The Morgan fingerprint density at radius 1 is 1.33 bits per heavy atom. The molecule has 2 rings (SSSR count). The fraction of sp³-hybridized carbons (Fsp3) is 0.375. The first-order valence-corrected chi connectivity index (χ1v) is 3.92. The SMILES string of the molecule is O=Cc1cnc(N2CCC2)nc1. The molecule has 0 bridgehead atoms. The Bertz CT molecular complexity index is 279. The van der Waals surface area contributed by atoms with Gasteiger partial charge in [0.1, 0.15) is 0 Å². The average Bonchev–Trinajstić information content (AvgIpc) is 2.03. The quantitative estimate of drug-likeness (QED) is 0.595. The Hall–Kier alpha value is -1.45. The van der Waals surface area contributed by atoms with E-state index in [0.29, 0.717) is 5.56 Å². The summed E-state index contributed by atoms with van der Waals surface area (Å²) in [7, 11) is 0. The molecule has 1 aliphatic rings. The Balaban J connectivity index is 2.18. The van der Waals surface area contributed by atoms with E-state index in [1.807, 2.05) is 0 Å². The van der Waals surface area contributed by atoms with Gasteiger partial charge in [0.15, 0.2) is 6.29 Å². The molecule has 1 aromatic heterocycles. The largest absolute Gasteiger partial charge is 0.341 e. The third-order valence-electron chi connectivity index (χ3n) is 1.93. The van der Waals surface area contributed by atoms with Crippen LogP contribution in [-0.4, -0.2) is 29.3 Å². The highest BCUT2D eigenvalue weighted by atomic mass is 16.1. The zero-order valence-electron chi connectivity index (χ0n) is 6.60. The van der Waals surface area contributed by atoms with Crippen LogP contribution in [-0.2, 0) is 0 Å². The van der Waals surface area contributed by atoms with Gasteiger partial charge in [-0.2, -0.15) is 0 Å². The Labute approximate surface area is 70.2 Å². The second-order valence-corrected chi connectivity index (χ2v) is 2.77. The molecular weight excluding hydrogens is 154 g/mol. The van der Waals surface area contributed by atoms with Gasteiger partial charge in [0.05, 0.1) is 5.56 Å². The van der Waals surface area contributed by atoms with E-state index in [4.69, 9.17) is 0 Å². The highest BCUT2D eigenvalue weighted by molar-refractivity contribution is 5.73. The predicted octanol–water partition coefficient (Wildman–Crippen LogP) is 0.499. The first-order chi connectivity index (χ1) is 5.90. The van der Waals surface area contributed by atoms with Crippen LogP contribution in [0.4, 0.5) is 5.95 Å². The van der Waals surface area contributed by atoms with Crippen molar-refractivity contribution in [1.82, 2.24) is 9.97 Å². The standard InChI is InChI=1S/C8H9N3O/c12-6-7-4-9-8(10-5-7)11-2-1-3-11/h4-6H,1-3H2. The van der Waals surface area contributed by atoms with Crippen molar-refractivity contribution < 1.29 is 4.79 Å². The molecule has 0 spiro atoms. The van der Waals surface area contributed by atoms with Gasteiger partial charge in [0.25, 0.3) is 0 Å². The molecule has 0 unspecified atom stereocenters. The molecule has 1 aliphatic heterocycles. The number of carbonyl (C=O) groups excluding carboxylic acids is 1. The molecule has 0 radical (unpaired) electrons. The summed E-state index contributed by atoms with van der Waals surface area (Å²) in [6.07, 6.45) is 5.06. The van der Waals surface area contributed by atoms with Crippen molar-refractivity contribution in [3.63, 3.8) is 0 Å². The Morgan fingerprint density at radius 2 is 2.00 bits per heavy atom. The maximum absolute atomic E-state index is 10.3. The van der Waals surface area contributed by atoms with E-state index in [-0.39, 0.29) is 0 Å². The van der Waals surface area contributed by atoms with Crippen LogP contribution < -0.4 is 4.90 Å². The molecule has 0 atom stereocenters. The molecule has 2 heterocycles. The zero-order chi connectivity index (χ0) is 8.39. The second-order valence-electron chi connectivity index (χ2n) is 2.77. The van der Waals surface area contributed by atoms with Crippen LogP contribution in [0.2, 0.25) is 0 Å². The van der Waals surface area contributed by atoms with Crippen molar-refractivity contribution in [2.45, 2.75) is 6.42 Å². The lowest BCUT2D eigenvalue weighted by molar-refractivity contribution is 0.112. The first-order valence-electron chi connectivity index (χ1n) is 3.92. The minimum atomic E-state index is 0.527. The molecule has 0 amide bonds. The number of hydrogen-bond donors (Lipinski definition) is 0. The van der Waals surface area contributed by atoms with E-state index in [2.05, 4.69) is 14.9 Å². The highest BCUT2D eigenvalue weighted by Gasteiger charge is 2.16. The lowest BCUT2D eigenvalue weighted by atomic mass is 10.2. The number of aromatic nitrogens is 2. The topological polar surface area (TPSA) is 46.1 Å². The number of hydrogen-bond acceptors (Lipinski definition) is 4. The maximum atomic E-state index is 10.3. The Kier molecular flexibility index (Phi) is 1.74. The van der Waals surface area contributed by atoms with Gasteiger partial charge in [-0.05, 0) is 6.42 Å². The van der Waals surface area contributed by atoms with Crippen LogP contribution in [0.3, 0.4) is 0 Å². The van der Waals surface area contributed by atoms with Crippen LogP contribution in [0.1, 0.15) is 16.8 Å². The fourth-order valence-corrected chi connectivity index (χ4v) is 1.07. The monoisotopic (exact) mass is 163 g/mol. The summed E-state index contributed by atoms with van der Waals surface area (Å²) in [5.41, 5.74) is 0.527. The van der Waals surface area contributed by atoms with Gasteiger partial charge in [-0.15, -0.1) is 0 Å². The van der Waals surface area contributed by atoms with E-state index >= 15 is 0 Å².